The van der Waals surface area contributed by atoms with Crippen LogP contribution in [-0.4, -0.2) is 47.7 Å². The number of amides is 2. The van der Waals surface area contributed by atoms with Gasteiger partial charge in [-0.2, -0.15) is 13.2 Å². The number of ether oxygens (including phenoxy) is 1. The first kappa shape index (κ1) is 26.6. The molecule has 1 heterocycles. The van der Waals surface area contributed by atoms with Gasteiger partial charge in [-0.15, -0.1) is 0 Å². The molecule has 34 heavy (non-hydrogen) atoms. The fourth-order valence-electron chi connectivity index (χ4n) is 4.54. The smallest absolute Gasteiger partial charge is 0.418 e. The van der Waals surface area contributed by atoms with Crippen molar-refractivity contribution in [2.45, 2.75) is 89.6 Å². The van der Waals surface area contributed by atoms with Crippen molar-refractivity contribution < 1.29 is 27.5 Å². The molecular formula is C24H33BrF3N3O3. The summed E-state index contributed by atoms with van der Waals surface area (Å²) in [7, 11) is 0. The van der Waals surface area contributed by atoms with Crippen LogP contribution in [0.1, 0.15) is 81.6 Å². The summed E-state index contributed by atoms with van der Waals surface area (Å²) in [4.78, 5) is 27.3. The molecule has 1 saturated carbocycles. The van der Waals surface area contributed by atoms with E-state index in [4.69, 9.17) is 4.74 Å². The number of hydrogen-bond acceptors (Lipinski definition) is 4. The summed E-state index contributed by atoms with van der Waals surface area (Å²) in [5, 5.41) is 5.85. The summed E-state index contributed by atoms with van der Waals surface area (Å²) in [5.41, 5.74) is -1.83. The van der Waals surface area contributed by atoms with Crippen molar-refractivity contribution in [1.82, 2.24) is 10.2 Å². The molecule has 2 fully saturated rings. The van der Waals surface area contributed by atoms with Gasteiger partial charge in [0.25, 0.3) is 5.91 Å². The first-order valence-electron chi connectivity index (χ1n) is 11.8. The molecule has 190 valence electrons. The minimum Gasteiger partial charge on any atom is -0.444 e. The number of nitrogens with zero attached hydrogens (tertiary/aromatic N) is 1. The van der Waals surface area contributed by atoms with Gasteiger partial charge < -0.3 is 20.3 Å². The maximum absolute atomic E-state index is 14.1. The second-order valence-electron chi connectivity index (χ2n) is 10.0. The maximum atomic E-state index is 14.1. The Morgan fingerprint density at radius 3 is 2.21 bits per heavy atom. The summed E-state index contributed by atoms with van der Waals surface area (Å²) in [6, 6.07) is 1.55. The topological polar surface area (TPSA) is 70.7 Å². The van der Waals surface area contributed by atoms with Gasteiger partial charge in [-0.1, -0.05) is 28.8 Å². The van der Waals surface area contributed by atoms with E-state index in [1.165, 1.54) is 6.07 Å². The Balaban J connectivity index is 1.94. The fourth-order valence-corrected chi connectivity index (χ4v) is 5.00. The molecule has 1 aromatic rings. The van der Waals surface area contributed by atoms with Crippen LogP contribution in [0.5, 0.6) is 0 Å². The van der Waals surface area contributed by atoms with Gasteiger partial charge in [0.1, 0.15) is 5.60 Å². The molecule has 0 spiro atoms. The van der Waals surface area contributed by atoms with E-state index >= 15 is 0 Å². The van der Waals surface area contributed by atoms with E-state index in [1.807, 2.05) is 0 Å². The Morgan fingerprint density at radius 1 is 1.00 bits per heavy atom. The molecular weight excluding hydrogens is 515 g/mol. The van der Waals surface area contributed by atoms with Gasteiger partial charge >= 0.3 is 12.3 Å². The normalized spacial score (nSPS) is 21.7. The monoisotopic (exact) mass is 547 g/mol. The molecule has 0 aromatic heterocycles. The van der Waals surface area contributed by atoms with Crippen LogP contribution in [0, 0.1) is 0 Å². The van der Waals surface area contributed by atoms with Gasteiger partial charge in [-0.05, 0) is 65.0 Å². The van der Waals surface area contributed by atoms with Gasteiger partial charge in [0.2, 0.25) is 0 Å². The number of alkyl halides is 3. The van der Waals surface area contributed by atoms with E-state index in [9.17, 15) is 22.8 Å². The minimum absolute atomic E-state index is 0.00908. The van der Waals surface area contributed by atoms with Crippen LogP contribution < -0.4 is 10.6 Å². The number of nitrogens with one attached hydrogen (secondary N) is 2. The third-order valence-electron chi connectivity index (χ3n) is 6.08. The highest BCUT2D eigenvalue weighted by molar-refractivity contribution is 9.10. The van der Waals surface area contributed by atoms with Crippen LogP contribution in [0.4, 0.5) is 23.7 Å². The number of benzene rings is 1. The maximum Gasteiger partial charge on any atom is 0.418 e. The zero-order chi connectivity index (χ0) is 25.1. The number of anilines is 1. The van der Waals surface area contributed by atoms with Crippen LogP contribution in [-0.2, 0) is 10.9 Å². The van der Waals surface area contributed by atoms with Crippen LogP contribution in [0.15, 0.2) is 16.6 Å². The number of hydrogen-bond donors (Lipinski definition) is 2. The Morgan fingerprint density at radius 2 is 1.62 bits per heavy atom. The molecule has 1 saturated heterocycles. The molecule has 6 nitrogen and oxygen atoms in total. The average Bonchev–Trinajstić information content (AvgIpc) is 2.74. The number of piperidine rings is 1. The first-order chi connectivity index (χ1) is 15.8. The molecule has 10 heteroatoms. The lowest BCUT2D eigenvalue weighted by molar-refractivity contribution is -0.137. The minimum atomic E-state index is -4.66. The van der Waals surface area contributed by atoms with E-state index in [0.717, 1.165) is 38.2 Å². The van der Waals surface area contributed by atoms with E-state index in [0.29, 0.717) is 25.9 Å². The van der Waals surface area contributed by atoms with Gasteiger partial charge in [0.05, 0.1) is 22.9 Å². The SMILES string of the molecule is CC(C)(C)OC(=O)N[C@H]1CCCC[C@H]1Nc1c(C(=O)N2CCCCC2)cc(Br)cc1C(F)(F)F. The van der Waals surface area contributed by atoms with Crippen molar-refractivity contribution in [3.8, 4) is 0 Å². The van der Waals surface area contributed by atoms with Crippen molar-refractivity contribution in [3.05, 3.63) is 27.7 Å². The Labute approximate surface area is 207 Å². The highest BCUT2D eigenvalue weighted by atomic mass is 79.9. The Kier molecular flexibility index (Phi) is 8.42. The third kappa shape index (κ3) is 7.02. The molecule has 2 amide bonds. The number of carbonyl (C=O) groups is 2. The molecule has 1 aliphatic heterocycles. The molecule has 2 atom stereocenters. The van der Waals surface area contributed by atoms with Crippen molar-refractivity contribution in [2.75, 3.05) is 18.4 Å². The molecule has 1 aliphatic carbocycles. The van der Waals surface area contributed by atoms with Gasteiger partial charge in [-0.25, -0.2) is 4.79 Å². The van der Waals surface area contributed by atoms with Gasteiger partial charge in [0, 0.05) is 23.6 Å². The van der Waals surface area contributed by atoms with Crippen molar-refractivity contribution in [1.29, 1.82) is 0 Å². The predicted molar refractivity (Wildman–Crippen MR) is 128 cm³/mol. The molecule has 0 radical (unpaired) electrons. The average molecular weight is 548 g/mol. The summed E-state index contributed by atoms with van der Waals surface area (Å²) in [5.74, 6) is -0.415. The molecule has 2 N–H and O–H groups in total. The molecule has 0 bridgehead atoms. The quantitative estimate of drug-likeness (QED) is 0.461. The van der Waals surface area contributed by atoms with Crippen molar-refractivity contribution >= 4 is 33.6 Å². The van der Waals surface area contributed by atoms with Crippen LogP contribution in [0.3, 0.4) is 0 Å². The highest BCUT2D eigenvalue weighted by Gasteiger charge is 2.39. The van der Waals surface area contributed by atoms with Crippen LogP contribution >= 0.6 is 15.9 Å². The van der Waals surface area contributed by atoms with Gasteiger partial charge in [-0.3, -0.25) is 4.79 Å². The summed E-state index contributed by atoms with van der Waals surface area (Å²) in [6.45, 7) is 6.30. The number of carbonyl (C=O) groups excluding carboxylic acids is 2. The third-order valence-corrected chi connectivity index (χ3v) is 6.54. The second-order valence-corrected chi connectivity index (χ2v) is 10.9. The zero-order valence-electron chi connectivity index (χ0n) is 19.9. The lowest BCUT2D eigenvalue weighted by Crippen LogP contribution is -2.50. The van der Waals surface area contributed by atoms with E-state index in [1.54, 1.807) is 25.7 Å². The molecule has 0 unspecified atom stereocenters. The number of halogens is 4. The van der Waals surface area contributed by atoms with E-state index in [-0.39, 0.29) is 15.7 Å². The predicted octanol–water partition coefficient (Wildman–Crippen LogP) is 6.34. The number of alkyl carbamates (subject to hydrolysis) is 1. The Bertz CT molecular complexity index is 896. The second kappa shape index (κ2) is 10.7. The number of rotatable bonds is 4. The highest BCUT2D eigenvalue weighted by Crippen LogP contribution is 2.40. The molecule has 2 aliphatic rings. The summed E-state index contributed by atoms with van der Waals surface area (Å²) < 4.78 is 47.8. The summed E-state index contributed by atoms with van der Waals surface area (Å²) >= 11 is 3.16. The van der Waals surface area contributed by atoms with E-state index in [2.05, 4.69) is 26.6 Å². The largest absolute Gasteiger partial charge is 0.444 e. The van der Waals surface area contributed by atoms with E-state index < -0.39 is 41.4 Å². The lowest BCUT2D eigenvalue weighted by Gasteiger charge is -2.35. The standard InChI is InChI=1S/C24H33BrF3N3O3/c1-23(2,3)34-22(33)30-19-10-6-5-9-18(19)29-20-16(21(32)31-11-7-4-8-12-31)13-15(25)14-17(20)24(26,27)28/h13-14,18-19,29H,4-12H2,1-3H3,(H,30,33)/t18-,19+/m1/s1. The van der Waals surface area contributed by atoms with Gasteiger partial charge in [0.15, 0.2) is 0 Å². The molecule has 1 aromatic carbocycles. The Hall–Kier alpha value is -1.97. The summed E-state index contributed by atoms with van der Waals surface area (Å²) in [6.07, 6.45) is 0.200. The zero-order valence-corrected chi connectivity index (χ0v) is 21.4. The van der Waals surface area contributed by atoms with Crippen LogP contribution in [0.25, 0.3) is 0 Å². The first-order valence-corrected chi connectivity index (χ1v) is 12.6. The lowest BCUT2D eigenvalue weighted by atomic mass is 9.89. The van der Waals surface area contributed by atoms with Crippen LogP contribution in [0.2, 0.25) is 0 Å². The fraction of sp³-hybridized carbons (Fsp3) is 0.667. The van der Waals surface area contributed by atoms with Crippen molar-refractivity contribution in [3.63, 3.8) is 0 Å². The molecule has 3 rings (SSSR count). The van der Waals surface area contributed by atoms with Crippen molar-refractivity contribution in [2.24, 2.45) is 0 Å². The number of likely N-dealkylation sites (tertiary alicyclic amines) is 1.